The fourth-order valence-electron chi connectivity index (χ4n) is 0.435. The molecule has 0 aromatic carbocycles. The molecule has 8 heteroatoms. The first-order chi connectivity index (χ1) is 6.02. The normalized spacial score (nSPS) is 10.1. The topological polar surface area (TPSA) is 78.9 Å². The van der Waals surface area contributed by atoms with Crippen LogP contribution >= 0.6 is 0 Å². The van der Waals surface area contributed by atoms with Gasteiger partial charge in [-0.25, -0.2) is 8.98 Å². The zero-order valence-corrected chi connectivity index (χ0v) is 9.30. The van der Waals surface area contributed by atoms with Gasteiger partial charge in [-0.15, -0.1) is 0 Å². The minimum Gasteiger partial charge on any atom is -1.00 e. The first-order valence-corrected chi connectivity index (χ1v) is 5.10. The van der Waals surface area contributed by atoms with Gasteiger partial charge in [0.05, 0.1) is 13.2 Å². The molecule has 0 heterocycles. The second-order valence-corrected chi connectivity index (χ2v) is 3.22. The van der Waals surface area contributed by atoms with Crippen LogP contribution in [-0.2, 0) is 23.5 Å². The summed E-state index contributed by atoms with van der Waals surface area (Å²) in [6.07, 6.45) is -0.774. The summed E-state index contributed by atoms with van der Waals surface area (Å²) < 4.78 is 33.8. The van der Waals surface area contributed by atoms with Gasteiger partial charge >= 0.3 is 35.4 Å². The number of hydrogen-bond donors (Lipinski definition) is 0. The molecule has 0 N–H and O–H groups in total. The first-order valence-electron chi connectivity index (χ1n) is 3.77. The van der Waals surface area contributed by atoms with Crippen molar-refractivity contribution in [3.05, 3.63) is 0 Å². The molecule has 80 valence electrons. The van der Waals surface area contributed by atoms with E-state index < -0.39 is 16.6 Å². The molecular weight excluding hydrogens is 207 g/mol. The van der Waals surface area contributed by atoms with Crippen molar-refractivity contribution >= 4 is 16.6 Å². The van der Waals surface area contributed by atoms with Gasteiger partial charge in [-0.1, -0.05) is 6.92 Å². The van der Waals surface area contributed by atoms with Crippen LogP contribution in [0.25, 0.3) is 0 Å². The maximum Gasteiger partial charge on any atom is 1.00 e. The molecule has 0 saturated carbocycles. The third-order valence-electron chi connectivity index (χ3n) is 0.864. The molecule has 0 aromatic rings. The minimum atomic E-state index is -4.24. The number of ether oxygens (including phenoxy) is 1. The smallest absolute Gasteiger partial charge is 1.00 e. The molecule has 0 fully saturated rings. The molecule has 0 aliphatic carbocycles. The minimum absolute atomic E-state index is 0. The van der Waals surface area contributed by atoms with Gasteiger partial charge < -0.3 is 6.16 Å². The van der Waals surface area contributed by atoms with Crippen LogP contribution in [0.4, 0.5) is 4.79 Å². The van der Waals surface area contributed by atoms with Crippen molar-refractivity contribution in [3.63, 3.8) is 0 Å². The van der Waals surface area contributed by atoms with E-state index in [2.05, 4.69) is 13.1 Å². The fourth-order valence-corrected chi connectivity index (χ4v) is 1.07. The van der Waals surface area contributed by atoms with Crippen molar-refractivity contribution in [2.45, 2.75) is 20.3 Å². The Balaban J connectivity index is -0.000000720. The largest absolute Gasteiger partial charge is 1.00 e. The van der Waals surface area contributed by atoms with Gasteiger partial charge in [0.15, 0.2) is 0 Å². The van der Waals surface area contributed by atoms with E-state index in [0.717, 1.165) is 0 Å². The summed E-state index contributed by atoms with van der Waals surface area (Å²) in [5.74, 6) is 0. The molecule has 0 amide bonds. The number of hydrogen-bond acceptors (Lipinski definition) is 6. The van der Waals surface area contributed by atoms with Crippen molar-refractivity contribution < 1.29 is 46.6 Å². The third kappa shape index (κ3) is 8.38. The average molecular weight is 220 g/mol. The summed E-state index contributed by atoms with van der Waals surface area (Å²) in [6.45, 7) is 3.27. The Morgan fingerprint density at radius 3 is 2.36 bits per heavy atom. The monoisotopic (exact) mass is 220 g/mol. The van der Waals surface area contributed by atoms with Gasteiger partial charge in [-0.3, -0.25) is 4.18 Å². The van der Waals surface area contributed by atoms with Gasteiger partial charge in [0, 0.05) is 0 Å². The van der Waals surface area contributed by atoms with Crippen molar-refractivity contribution in [2.24, 2.45) is 0 Å². The van der Waals surface area contributed by atoms with E-state index in [4.69, 9.17) is 0 Å². The standard InChI is InChI=1S/C6H12O6S.Li.H/c1-3-5-11-13(8,9)12-6(7)10-4-2;;/h3-5H2,1-2H3;;/q;+1;-1. The summed E-state index contributed by atoms with van der Waals surface area (Å²) in [5, 5.41) is 0. The average Bonchev–Trinajstić information content (AvgIpc) is 2.00. The Hall–Kier alpha value is -0.223. The van der Waals surface area contributed by atoms with Gasteiger partial charge in [0.2, 0.25) is 0 Å². The van der Waals surface area contributed by atoms with Crippen LogP contribution in [0.3, 0.4) is 0 Å². The zero-order chi connectivity index (χ0) is 10.3. The van der Waals surface area contributed by atoms with Crippen LogP contribution in [0.15, 0.2) is 0 Å². The molecule has 0 atom stereocenters. The fraction of sp³-hybridized carbons (Fsp3) is 0.833. The quantitative estimate of drug-likeness (QED) is 0.392. The van der Waals surface area contributed by atoms with Gasteiger partial charge in [-0.05, 0) is 13.3 Å². The molecule has 0 aliphatic rings. The number of carbonyl (C=O) groups excluding carboxylic acids is 1. The van der Waals surface area contributed by atoms with Crippen molar-refractivity contribution in [3.8, 4) is 0 Å². The molecule has 0 rings (SSSR count). The van der Waals surface area contributed by atoms with Crippen LogP contribution in [-0.4, -0.2) is 27.8 Å². The van der Waals surface area contributed by atoms with Gasteiger partial charge in [0.25, 0.3) is 0 Å². The van der Waals surface area contributed by atoms with Gasteiger partial charge in [-0.2, -0.15) is 8.42 Å². The maximum atomic E-state index is 10.7. The van der Waals surface area contributed by atoms with E-state index >= 15 is 0 Å². The van der Waals surface area contributed by atoms with Crippen LogP contribution in [0.1, 0.15) is 21.7 Å². The predicted octanol–water partition coefficient (Wildman–Crippen LogP) is -2.05. The Bertz CT molecular complexity index is 254. The summed E-state index contributed by atoms with van der Waals surface area (Å²) in [4.78, 5) is 10.5. The predicted molar refractivity (Wildman–Crippen MR) is 44.4 cm³/mol. The van der Waals surface area contributed by atoms with E-state index in [1.165, 1.54) is 6.92 Å². The van der Waals surface area contributed by atoms with Crippen LogP contribution in [0.2, 0.25) is 0 Å². The molecule has 0 bridgehead atoms. The van der Waals surface area contributed by atoms with Crippen molar-refractivity contribution in [1.82, 2.24) is 0 Å². The first kappa shape index (κ1) is 16.2. The Kier molecular flexibility index (Phi) is 9.40. The van der Waals surface area contributed by atoms with E-state index in [9.17, 15) is 13.2 Å². The van der Waals surface area contributed by atoms with Crippen molar-refractivity contribution in [1.29, 1.82) is 0 Å². The molecule has 0 spiro atoms. The molecule has 0 unspecified atom stereocenters. The number of carbonyl (C=O) groups is 1. The summed E-state index contributed by atoms with van der Waals surface area (Å²) in [7, 11) is -4.24. The molecule has 0 radical (unpaired) electrons. The third-order valence-corrected chi connectivity index (χ3v) is 1.66. The molecular formula is C6H13LiO6S. The molecule has 6 nitrogen and oxygen atoms in total. The molecule has 0 aromatic heterocycles. The van der Waals surface area contributed by atoms with Crippen LogP contribution in [0.5, 0.6) is 0 Å². The second kappa shape index (κ2) is 8.12. The van der Waals surface area contributed by atoms with E-state index in [-0.39, 0.29) is 33.5 Å². The second-order valence-electron chi connectivity index (χ2n) is 2.00. The van der Waals surface area contributed by atoms with Crippen LogP contribution < -0.4 is 18.9 Å². The molecule has 0 aliphatic heterocycles. The van der Waals surface area contributed by atoms with E-state index in [0.29, 0.717) is 6.42 Å². The summed E-state index contributed by atoms with van der Waals surface area (Å²) >= 11 is 0. The summed E-state index contributed by atoms with van der Waals surface area (Å²) in [6, 6.07) is 0. The SMILES string of the molecule is CCCOS(=O)(=O)OC(=O)OCC.[H-].[Li+]. The molecule has 0 saturated heterocycles. The Morgan fingerprint density at radius 2 is 1.93 bits per heavy atom. The zero-order valence-electron chi connectivity index (χ0n) is 9.48. The maximum absolute atomic E-state index is 10.7. The van der Waals surface area contributed by atoms with Crippen LogP contribution in [0, 0.1) is 0 Å². The van der Waals surface area contributed by atoms with E-state index in [1.54, 1.807) is 6.92 Å². The Morgan fingerprint density at radius 1 is 1.36 bits per heavy atom. The number of rotatable bonds is 5. The van der Waals surface area contributed by atoms with E-state index in [1.807, 2.05) is 0 Å². The Labute approximate surface area is 96.9 Å². The van der Waals surface area contributed by atoms with Crippen molar-refractivity contribution in [2.75, 3.05) is 13.2 Å². The molecule has 14 heavy (non-hydrogen) atoms. The summed E-state index contributed by atoms with van der Waals surface area (Å²) in [5.41, 5.74) is 0. The van der Waals surface area contributed by atoms with Gasteiger partial charge in [0.1, 0.15) is 0 Å².